The number of aliphatic carboxylic acids is 1. The molecule has 0 aromatic heterocycles. The van der Waals surface area contributed by atoms with Crippen LogP contribution in [0.25, 0.3) is 0 Å². The molecule has 0 spiro atoms. The molecule has 1 aromatic carbocycles. The third kappa shape index (κ3) is 4.04. The van der Waals surface area contributed by atoms with Gasteiger partial charge in [0.15, 0.2) is 0 Å². The maximum absolute atomic E-state index is 12.5. The SMILES string of the molecule is CC(C)(CCC(=O)O)NC(=O)c1cccc2c1CCNC2. The number of amides is 1. The van der Waals surface area contributed by atoms with Crippen molar-refractivity contribution in [2.75, 3.05) is 6.54 Å². The number of fused-ring (bicyclic) bond motifs is 1. The summed E-state index contributed by atoms with van der Waals surface area (Å²) in [6.45, 7) is 5.37. The molecule has 1 aliphatic heterocycles. The molecule has 0 saturated carbocycles. The number of hydrogen-bond acceptors (Lipinski definition) is 3. The molecule has 1 aliphatic rings. The molecule has 0 radical (unpaired) electrons. The molecule has 0 atom stereocenters. The van der Waals surface area contributed by atoms with E-state index < -0.39 is 11.5 Å². The van der Waals surface area contributed by atoms with E-state index in [1.165, 1.54) is 0 Å². The largest absolute Gasteiger partial charge is 0.481 e. The molecule has 1 heterocycles. The van der Waals surface area contributed by atoms with Crippen molar-refractivity contribution in [3.8, 4) is 0 Å². The van der Waals surface area contributed by atoms with Crippen molar-refractivity contribution in [2.24, 2.45) is 0 Å². The Balaban J connectivity index is 2.12. The Kier molecular flexibility index (Phi) is 4.63. The highest BCUT2D eigenvalue weighted by Crippen LogP contribution is 2.20. The first-order chi connectivity index (χ1) is 9.89. The summed E-state index contributed by atoms with van der Waals surface area (Å²) in [4.78, 5) is 23.2. The lowest BCUT2D eigenvalue weighted by Crippen LogP contribution is -2.44. The Labute approximate surface area is 124 Å². The molecule has 0 saturated heterocycles. The number of benzene rings is 1. The van der Waals surface area contributed by atoms with Crippen LogP contribution in [0.4, 0.5) is 0 Å². The zero-order valence-corrected chi connectivity index (χ0v) is 12.5. The van der Waals surface area contributed by atoms with Crippen LogP contribution in [0.5, 0.6) is 0 Å². The maximum atomic E-state index is 12.5. The Bertz CT molecular complexity index is 552. The molecule has 3 N–H and O–H groups in total. The fraction of sp³-hybridized carbons (Fsp3) is 0.500. The van der Waals surface area contributed by atoms with Gasteiger partial charge in [-0.15, -0.1) is 0 Å². The predicted molar refractivity (Wildman–Crippen MR) is 80.3 cm³/mol. The van der Waals surface area contributed by atoms with Gasteiger partial charge in [0.05, 0.1) is 0 Å². The smallest absolute Gasteiger partial charge is 0.303 e. The summed E-state index contributed by atoms with van der Waals surface area (Å²) < 4.78 is 0. The van der Waals surface area contributed by atoms with Gasteiger partial charge in [-0.1, -0.05) is 12.1 Å². The van der Waals surface area contributed by atoms with Crippen molar-refractivity contribution < 1.29 is 14.7 Å². The highest BCUT2D eigenvalue weighted by Gasteiger charge is 2.24. The molecule has 0 unspecified atom stereocenters. The zero-order chi connectivity index (χ0) is 15.5. The summed E-state index contributed by atoms with van der Waals surface area (Å²) in [6, 6.07) is 5.77. The van der Waals surface area contributed by atoms with E-state index in [1.807, 2.05) is 32.0 Å². The minimum atomic E-state index is -0.847. The summed E-state index contributed by atoms with van der Waals surface area (Å²) in [5.41, 5.74) is 2.43. The van der Waals surface area contributed by atoms with E-state index in [0.29, 0.717) is 12.0 Å². The summed E-state index contributed by atoms with van der Waals surface area (Å²) in [5.74, 6) is -0.968. The molecule has 114 valence electrons. The Hall–Kier alpha value is -1.88. The highest BCUT2D eigenvalue weighted by atomic mass is 16.4. The lowest BCUT2D eigenvalue weighted by atomic mass is 9.93. The summed E-state index contributed by atoms with van der Waals surface area (Å²) in [7, 11) is 0. The van der Waals surface area contributed by atoms with Gasteiger partial charge in [-0.2, -0.15) is 0 Å². The van der Waals surface area contributed by atoms with Crippen LogP contribution in [0.1, 0.15) is 48.2 Å². The van der Waals surface area contributed by atoms with Gasteiger partial charge >= 0.3 is 5.97 Å². The molecular weight excluding hydrogens is 268 g/mol. The molecular formula is C16H22N2O3. The van der Waals surface area contributed by atoms with E-state index in [2.05, 4.69) is 10.6 Å². The van der Waals surface area contributed by atoms with Crippen LogP contribution in [-0.4, -0.2) is 29.1 Å². The highest BCUT2D eigenvalue weighted by molar-refractivity contribution is 5.96. The quantitative estimate of drug-likeness (QED) is 0.771. The zero-order valence-electron chi connectivity index (χ0n) is 12.5. The van der Waals surface area contributed by atoms with Crippen molar-refractivity contribution in [3.05, 3.63) is 34.9 Å². The Morgan fingerprint density at radius 2 is 2.14 bits per heavy atom. The van der Waals surface area contributed by atoms with Gasteiger partial charge in [0.25, 0.3) is 5.91 Å². The third-order valence-corrected chi connectivity index (χ3v) is 3.80. The van der Waals surface area contributed by atoms with Crippen molar-refractivity contribution in [1.82, 2.24) is 10.6 Å². The van der Waals surface area contributed by atoms with Gasteiger partial charge in [-0.05, 0) is 50.4 Å². The average molecular weight is 290 g/mol. The van der Waals surface area contributed by atoms with Crippen molar-refractivity contribution >= 4 is 11.9 Å². The predicted octanol–water partition coefficient (Wildman–Crippen LogP) is 1.71. The van der Waals surface area contributed by atoms with E-state index in [-0.39, 0.29) is 12.3 Å². The summed E-state index contributed by atoms with van der Waals surface area (Å²) in [6.07, 6.45) is 1.29. The number of hydrogen-bond donors (Lipinski definition) is 3. The van der Waals surface area contributed by atoms with E-state index in [0.717, 1.165) is 30.6 Å². The number of carboxylic acids is 1. The van der Waals surface area contributed by atoms with Crippen molar-refractivity contribution in [1.29, 1.82) is 0 Å². The minimum Gasteiger partial charge on any atom is -0.481 e. The van der Waals surface area contributed by atoms with Crippen LogP contribution in [0, 0.1) is 0 Å². The monoisotopic (exact) mass is 290 g/mol. The lowest BCUT2D eigenvalue weighted by molar-refractivity contribution is -0.137. The molecule has 5 heteroatoms. The molecule has 2 rings (SSSR count). The molecule has 1 amide bonds. The fourth-order valence-electron chi connectivity index (χ4n) is 2.60. The summed E-state index contributed by atoms with van der Waals surface area (Å²) >= 11 is 0. The van der Waals surface area contributed by atoms with Gasteiger partial charge in [0, 0.05) is 24.1 Å². The van der Waals surface area contributed by atoms with E-state index in [1.54, 1.807) is 0 Å². The second kappa shape index (κ2) is 6.26. The first-order valence-corrected chi connectivity index (χ1v) is 7.25. The number of carboxylic acid groups (broad SMARTS) is 1. The van der Waals surface area contributed by atoms with Crippen LogP contribution >= 0.6 is 0 Å². The topological polar surface area (TPSA) is 78.4 Å². The number of nitrogens with one attached hydrogen (secondary N) is 2. The molecule has 0 fully saturated rings. The number of rotatable bonds is 5. The van der Waals surface area contributed by atoms with Crippen molar-refractivity contribution in [3.63, 3.8) is 0 Å². The molecule has 5 nitrogen and oxygen atoms in total. The molecule has 0 aliphatic carbocycles. The van der Waals surface area contributed by atoms with E-state index in [4.69, 9.17) is 5.11 Å². The fourth-order valence-corrected chi connectivity index (χ4v) is 2.60. The second-order valence-electron chi connectivity index (χ2n) is 6.10. The molecule has 0 bridgehead atoms. The standard InChI is InChI=1S/C16H22N2O3/c1-16(2,8-6-14(19)20)18-15(21)13-5-3-4-11-10-17-9-7-12(11)13/h3-5,17H,6-10H2,1-2H3,(H,18,21)(H,19,20). The first kappa shape index (κ1) is 15.5. The van der Waals surface area contributed by atoms with Crippen LogP contribution in [0.3, 0.4) is 0 Å². The number of carbonyl (C=O) groups is 2. The Morgan fingerprint density at radius 3 is 2.86 bits per heavy atom. The third-order valence-electron chi connectivity index (χ3n) is 3.80. The van der Waals surface area contributed by atoms with E-state index in [9.17, 15) is 9.59 Å². The Morgan fingerprint density at radius 1 is 1.38 bits per heavy atom. The lowest BCUT2D eigenvalue weighted by Gasteiger charge is -2.27. The first-order valence-electron chi connectivity index (χ1n) is 7.25. The van der Waals surface area contributed by atoms with Gasteiger partial charge in [0.2, 0.25) is 0 Å². The molecule has 21 heavy (non-hydrogen) atoms. The normalized spacial score (nSPS) is 14.4. The second-order valence-corrected chi connectivity index (χ2v) is 6.10. The number of carbonyl (C=O) groups excluding carboxylic acids is 1. The van der Waals surface area contributed by atoms with Crippen LogP contribution < -0.4 is 10.6 Å². The van der Waals surface area contributed by atoms with Crippen LogP contribution in [0.15, 0.2) is 18.2 Å². The van der Waals surface area contributed by atoms with E-state index >= 15 is 0 Å². The molecule has 1 aromatic rings. The van der Waals surface area contributed by atoms with Gasteiger partial charge in [-0.25, -0.2) is 0 Å². The van der Waals surface area contributed by atoms with Gasteiger partial charge in [-0.3, -0.25) is 9.59 Å². The maximum Gasteiger partial charge on any atom is 0.303 e. The van der Waals surface area contributed by atoms with Crippen molar-refractivity contribution in [2.45, 2.75) is 45.2 Å². The van der Waals surface area contributed by atoms with Crippen LogP contribution in [-0.2, 0) is 17.8 Å². The van der Waals surface area contributed by atoms with Gasteiger partial charge in [0.1, 0.15) is 0 Å². The summed E-state index contributed by atoms with van der Waals surface area (Å²) in [5, 5.41) is 15.0. The van der Waals surface area contributed by atoms with Gasteiger partial charge < -0.3 is 15.7 Å². The minimum absolute atomic E-state index is 0.0457. The average Bonchev–Trinajstić information content (AvgIpc) is 2.44. The van der Waals surface area contributed by atoms with Crippen LogP contribution in [0.2, 0.25) is 0 Å².